The number of thiophene rings is 1. The first-order valence-corrected chi connectivity index (χ1v) is 7.93. The highest BCUT2D eigenvalue weighted by Gasteiger charge is 2.10. The van der Waals surface area contributed by atoms with Gasteiger partial charge in [0.05, 0.1) is 4.34 Å². The van der Waals surface area contributed by atoms with Crippen LogP contribution in [-0.2, 0) is 12.8 Å². The molecule has 1 heterocycles. The van der Waals surface area contributed by atoms with E-state index in [4.69, 9.17) is 11.6 Å². The quantitative estimate of drug-likeness (QED) is 0.662. The summed E-state index contributed by atoms with van der Waals surface area (Å²) in [6, 6.07) is 14.8. The van der Waals surface area contributed by atoms with Gasteiger partial charge in [0.15, 0.2) is 0 Å². The van der Waals surface area contributed by atoms with Gasteiger partial charge in [0.1, 0.15) is 0 Å². The molecule has 1 aromatic heterocycles. The van der Waals surface area contributed by atoms with E-state index in [2.05, 4.69) is 52.3 Å². The molecular formula is C14H14BrClS. The maximum absolute atomic E-state index is 5.95. The fourth-order valence-corrected chi connectivity index (χ4v) is 3.53. The molecule has 2 aromatic rings. The zero-order chi connectivity index (χ0) is 12.1. The lowest BCUT2D eigenvalue weighted by atomic mass is 9.97. The molecule has 0 radical (unpaired) electrons. The Kier molecular flexibility index (Phi) is 5.08. The Morgan fingerprint density at radius 2 is 1.82 bits per heavy atom. The van der Waals surface area contributed by atoms with Crippen molar-refractivity contribution in [2.75, 3.05) is 5.33 Å². The van der Waals surface area contributed by atoms with Gasteiger partial charge in [0.2, 0.25) is 0 Å². The van der Waals surface area contributed by atoms with Gasteiger partial charge in [0.25, 0.3) is 0 Å². The maximum Gasteiger partial charge on any atom is 0.0931 e. The summed E-state index contributed by atoms with van der Waals surface area (Å²) >= 11 is 11.2. The molecule has 0 fully saturated rings. The lowest BCUT2D eigenvalue weighted by Gasteiger charge is -2.12. The van der Waals surface area contributed by atoms with Gasteiger partial charge in [-0.1, -0.05) is 57.9 Å². The normalized spacial score (nSPS) is 12.6. The minimum absolute atomic E-state index is 0.632. The highest BCUT2D eigenvalue weighted by molar-refractivity contribution is 9.09. The summed E-state index contributed by atoms with van der Waals surface area (Å²) < 4.78 is 0.882. The Labute approximate surface area is 120 Å². The van der Waals surface area contributed by atoms with Gasteiger partial charge in [-0.2, -0.15) is 0 Å². The van der Waals surface area contributed by atoms with Crippen molar-refractivity contribution in [1.82, 2.24) is 0 Å². The number of benzene rings is 1. The Morgan fingerprint density at radius 1 is 1.06 bits per heavy atom. The number of rotatable bonds is 5. The van der Waals surface area contributed by atoms with Crippen LogP contribution in [0.3, 0.4) is 0 Å². The van der Waals surface area contributed by atoms with E-state index in [9.17, 15) is 0 Å². The third-order valence-electron chi connectivity index (χ3n) is 2.70. The third kappa shape index (κ3) is 4.13. The minimum Gasteiger partial charge on any atom is -0.128 e. The monoisotopic (exact) mass is 328 g/mol. The molecule has 17 heavy (non-hydrogen) atoms. The van der Waals surface area contributed by atoms with Gasteiger partial charge in [0, 0.05) is 10.2 Å². The Balaban J connectivity index is 1.98. The standard InChI is InChI=1S/C14H14BrClS/c15-10-12(8-11-4-2-1-3-5-11)9-13-6-7-14(16)17-13/h1-7,12H,8-10H2. The molecule has 0 aliphatic heterocycles. The van der Waals surface area contributed by atoms with Gasteiger partial charge in [-0.15, -0.1) is 11.3 Å². The van der Waals surface area contributed by atoms with Crippen LogP contribution in [0, 0.1) is 5.92 Å². The van der Waals surface area contributed by atoms with E-state index >= 15 is 0 Å². The van der Waals surface area contributed by atoms with Crippen molar-refractivity contribution in [3.8, 4) is 0 Å². The lowest BCUT2D eigenvalue weighted by Crippen LogP contribution is -2.08. The molecule has 0 saturated heterocycles. The molecular weight excluding hydrogens is 316 g/mol. The van der Waals surface area contributed by atoms with E-state index in [0.29, 0.717) is 5.92 Å². The molecule has 0 saturated carbocycles. The Morgan fingerprint density at radius 3 is 2.41 bits per heavy atom. The first-order chi connectivity index (χ1) is 8.28. The van der Waals surface area contributed by atoms with Gasteiger partial charge >= 0.3 is 0 Å². The van der Waals surface area contributed by atoms with Crippen molar-refractivity contribution >= 4 is 38.9 Å². The number of hydrogen-bond acceptors (Lipinski definition) is 1. The van der Waals surface area contributed by atoms with Crippen molar-refractivity contribution in [3.63, 3.8) is 0 Å². The average Bonchev–Trinajstić information content (AvgIpc) is 2.75. The maximum atomic E-state index is 5.95. The SMILES string of the molecule is Clc1ccc(CC(CBr)Cc2ccccc2)s1. The summed E-state index contributed by atoms with van der Waals surface area (Å²) in [4.78, 5) is 1.37. The highest BCUT2D eigenvalue weighted by Crippen LogP contribution is 2.25. The second-order valence-electron chi connectivity index (χ2n) is 4.12. The molecule has 0 aliphatic carbocycles. The largest absolute Gasteiger partial charge is 0.128 e. The van der Waals surface area contributed by atoms with Gasteiger partial charge < -0.3 is 0 Å². The summed E-state index contributed by atoms with van der Waals surface area (Å²) in [6.07, 6.45) is 2.21. The molecule has 2 rings (SSSR count). The van der Waals surface area contributed by atoms with Crippen LogP contribution in [0.15, 0.2) is 42.5 Å². The number of hydrogen-bond donors (Lipinski definition) is 0. The van der Waals surface area contributed by atoms with Gasteiger partial charge in [-0.25, -0.2) is 0 Å². The van der Waals surface area contributed by atoms with Crippen LogP contribution < -0.4 is 0 Å². The van der Waals surface area contributed by atoms with Gasteiger partial charge in [-0.05, 0) is 36.5 Å². The molecule has 1 aromatic carbocycles. The third-order valence-corrected chi connectivity index (χ3v) is 4.87. The van der Waals surface area contributed by atoms with Crippen LogP contribution in [0.5, 0.6) is 0 Å². The van der Waals surface area contributed by atoms with Crippen LogP contribution in [0.25, 0.3) is 0 Å². The summed E-state index contributed by atoms with van der Waals surface area (Å²) in [5.41, 5.74) is 1.40. The Bertz CT molecular complexity index is 452. The molecule has 0 aliphatic rings. The smallest absolute Gasteiger partial charge is 0.0931 e. The molecule has 0 N–H and O–H groups in total. The summed E-state index contributed by atoms with van der Waals surface area (Å²) in [5, 5.41) is 1.03. The van der Waals surface area contributed by atoms with Gasteiger partial charge in [-0.3, -0.25) is 0 Å². The summed E-state index contributed by atoms with van der Waals surface area (Å²) in [5.74, 6) is 0.632. The zero-order valence-corrected chi connectivity index (χ0v) is 12.6. The van der Waals surface area contributed by atoms with E-state index in [1.807, 2.05) is 6.07 Å². The van der Waals surface area contributed by atoms with Crippen LogP contribution in [-0.4, -0.2) is 5.33 Å². The minimum atomic E-state index is 0.632. The molecule has 0 spiro atoms. The number of alkyl halides is 1. The predicted molar refractivity (Wildman–Crippen MR) is 80.5 cm³/mol. The van der Waals surface area contributed by atoms with Crippen molar-refractivity contribution in [3.05, 3.63) is 57.2 Å². The van der Waals surface area contributed by atoms with E-state index in [0.717, 1.165) is 22.5 Å². The molecule has 1 atom stereocenters. The first-order valence-electron chi connectivity index (χ1n) is 5.62. The van der Waals surface area contributed by atoms with E-state index in [-0.39, 0.29) is 0 Å². The predicted octanol–water partition coefficient (Wildman–Crippen LogP) is 5.20. The fourth-order valence-electron chi connectivity index (χ4n) is 1.87. The van der Waals surface area contributed by atoms with E-state index < -0.39 is 0 Å². The molecule has 1 unspecified atom stereocenters. The first kappa shape index (κ1) is 13.1. The van der Waals surface area contributed by atoms with E-state index in [1.54, 1.807) is 11.3 Å². The van der Waals surface area contributed by atoms with Crippen LogP contribution in [0.2, 0.25) is 4.34 Å². The molecule has 3 heteroatoms. The average molecular weight is 330 g/mol. The highest BCUT2D eigenvalue weighted by atomic mass is 79.9. The van der Waals surface area contributed by atoms with Crippen LogP contribution in [0.4, 0.5) is 0 Å². The second kappa shape index (κ2) is 6.58. The van der Waals surface area contributed by atoms with Crippen LogP contribution in [0.1, 0.15) is 10.4 Å². The van der Waals surface area contributed by atoms with Crippen LogP contribution >= 0.6 is 38.9 Å². The zero-order valence-electron chi connectivity index (χ0n) is 9.40. The van der Waals surface area contributed by atoms with Crippen molar-refractivity contribution in [1.29, 1.82) is 0 Å². The fraction of sp³-hybridized carbons (Fsp3) is 0.286. The van der Waals surface area contributed by atoms with Crippen molar-refractivity contribution in [2.45, 2.75) is 12.8 Å². The molecule has 0 amide bonds. The summed E-state index contributed by atoms with van der Waals surface area (Å²) in [7, 11) is 0. The Hall–Kier alpha value is -0.310. The molecule has 0 bridgehead atoms. The van der Waals surface area contributed by atoms with E-state index in [1.165, 1.54) is 10.4 Å². The second-order valence-corrected chi connectivity index (χ2v) is 6.57. The van der Waals surface area contributed by atoms with Crippen molar-refractivity contribution < 1.29 is 0 Å². The molecule has 0 nitrogen and oxygen atoms in total. The lowest BCUT2D eigenvalue weighted by molar-refractivity contribution is 0.596. The summed E-state index contributed by atoms with van der Waals surface area (Å²) in [6.45, 7) is 0. The topological polar surface area (TPSA) is 0 Å². The van der Waals surface area contributed by atoms with Crippen molar-refractivity contribution in [2.24, 2.45) is 5.92 Å². The molecule has 90 valence electrons. The number of halogens is 2.